The minimum atomic E-state index is -0.839. The van der Waals surface area contributed by atoms with E-state index in [9.17, 15) is 9.59 Å². The molecular formula is C28H28N2O4. The lowest BCUT2D eigenvalue weighted by Crippen LogP contribution is -2.59. The lowest BCUT2D eigenvalue weighted by Gasteiger charge is -2.45. The summed E-state index contributed by atoms with van der Waals surface area (Å²) < 4.78 is 11.0. The van der Waals surface area contributed by atoms with Crippen LogP contribution < -0.4 is 9.47 Å². The lowest BCUT2D eigenvalue weighted by atomic mass is 9.71. The predicted molar refractivity (Wildman–Crippen MR) is 131 cm³/mol. The molecule has 3 aromatic rings. The van der Waals surface area contributed by atoms with Crippen LogP contribution in [0.1, 0.15) is 25.1 Å². The summed E-state index contributed by atoms with van der Waals surface area (Å²) in [5, 5.41) is 0. The van der Waals surface area contributed by atoms with Crippen LogP contribution in [0.5, 0.6) is 11.5 Å². The normalized spacial score (nSPS) is 18.6. The average Bonchev–Trinajstić information content (AvgIpc) is 2.85. The molecule has 1 aliphatic heterocycles. The van der Waals surface area contributed by atoms with Gasteiger partial charge in [0, 0.05) is 17.2 Å². The third-order valence-electron chi connectivity index (χ3n) is 6.21. The van der Waals surface area contributed by atoms with Gasteiger partial charge in [-0.1, -0.05) is 50.2 Å². The fraction of sp³-hybridized carbons (Fsp3) is 0.250. The Morgan fingerprint density at radius 3 is 2.38 bits per heavy atom. The Hall–Kier alpha value is -3.93. The van der Waals surface area contributed by atoms with Crippen LogP contribution in [0.25, 0.3) is 6.08 Å². The van der Waals surface area contributed by atoms with E-state index < -0.39 is 17.6 Å². The first-order valence-electron chi connectivity index (χ1n) is 11.2. The fourth-order valence-corrected chi connectivity index (χ4v) is 4.26. The van der Waals surface area contributed by atoms with Gasteiger partial charge >= 0.3 is 6.09 Å². The minimum Gasteiger partial charge on any atom is -0.497 e. The van der Waals surface area contributed by atoms with Crippen molar-refractivity contribution in [2.24, 2.45) is 5.41 Å². The van der Waals surface area contributed by atoms with Gasteiger partial charge in [-0.3, -0.25) is 14.7 Å². The number of likely N-dealkylation sites (tertiary alicyclic amines) is 1. The number of pyridine rings is 1. The average molecular weight is 457 g/mol. The van der Waals surface area contributed by atoms with Crippen LogP contribution in [-0.2, 0) is 11.2 Å². The first-order valence-corrected chi connectivity index (χ1v) is 11.2. The number of nitrogens with zero attached hydrogens (tertiary/aromatic N) is 2. The van der Waals surface area contributed by atoms with Gasteiger partial charge in [-0.25, -0.2) is 4.79 Å². The Kier molecular flexibility index (Phi) is 6.77. The summed E-state index contributed by atoms with van der Waals surface area (Å²) >= 11 is 0. The van der Waals surface area contributed by atoms with Crippen molar-refractivity contribution in [1.82, 2.24) is 9.88 Å². The molecule has 0 spiro atoms. The monoisotopic (exact) mass is 456 g/mol. The molecule has 1 atom stereocenters. The summed E-state index contributed by atoms with van der Waals surface area (Å²) in [7, 11) is 1.62. The Labute approximate surface area is 199 Å². The second-order valence-electron chi connectivity index (χ2n) is 8.85. The van der Waals surface area contributed by atoms with Crippen LogP contribution in [0.3, 0.4) is 0 Å². The van der Waals surface area contributed by atoms with Gasteiger partial charge in [-0.2, -0.15) is 0 Å². The second-order valence-corrected chi connectivity index (χ2v) is 8.85. The number of Topliss-reactive ketones (excluding diaryl/α,β-unsaturated/α-hetero) is 1. The smallest absolute Gasteiger partial charge is 0.415 e. The number of hydrogen-bond acceptors (Lipinski definition) is 5. The zero-order valence-corrected chi connectivity index (χ0v) is 19.6. The number of ketones is 1. The van der Waals surface area contributed by atoms with E-state index >= 15 is 0 Å². The maximum Gasteiger partial charge on any atom is 0.415 e. The van der Waals surface area contributed by atoms with Crippen LogP contribution in [0.15, 0.2) is 84.6 Å². The van der Waals surface area contributed by atoms with Crippen molar-refractivity contribution in [3.63, 3.8) is 0 Å². The molecule has 1 aromatic heterocycles. The molecule has 4 rings (SSSR count). The summed E-state index contributed by atoms with van der Waals surface area (Å²) in [6, 6.07) is 21.8. The molecule has 6 nitrogen and oxygen atoms in total. The van der Waals surface area contributed by atoms with E-state index in [4.69, 9.17) is 9.47 Å². The number of carbonyl (C=O) groups is 2. The van der Waals surface area contributed by atoms with Crippen molar-refractivity contribution in [3.05, 3.63) is 95.8 Å². The van der Waals surface area contributed by atoms with Crippen molar-refractivity contribution in [3.8, 4) is 11.5 Å². The SMILES string of the molecule is COc1ccc(CC2N(C(=O)Oc3ccccc3)C/C(=C\c3ccccn3)C(=O)C2(C)C)cc1. The van der Waals surface area contributed by atoms with Crippen LogP contribution in [-0.4, -0.2) is 41.5 Å². The van der Waals surface area contributed by atoms with E-state index in [1.807, 2.05) is 74.5 Å². The summed E-state index contributed by atoms with van der Waals surface area (Å²) in [5.74, 6) is 1.21. The van der Waals surface area contributed by atoms with E-state index in [0.717, 1.165) is 11.3 Å². The molecular weight excluding hydrogens is 428 g/mol. The van der Waals surface area contributed by atoms with Crippen LogP contribution in [0, 0.1) is 5.41 Å². The quantitative estimate of drug-likeness (QED) is 0.494. The molecule has 0 N–H and O–H groups in total. The predicted octanol–water partition coefficient (Wildman–Crippen LogP) is 5.19. The van der Waals surface area contributed by atoms with Crippen LogP contribution >= 0.6 is 0 Å². The van der Waals surface area contributed by atoms with Crippen LogP contribution in [0.2, 0.25) is 0 Å². The Bertz CT molecular complexity index is 1170. The van der Waals surface area contributed by atoms with Gasteiger partial charge in [-0.15, -0.1) is 0 Å². The number of rotatable bonds is 5. The van der Waals surface area contributed by atoms with E-state index in [0.29, 0.717) is 23.4 Å². The fourth-order valence-electron chi connectivity index (χ4n) is 4.26. The molecule has 2 heterocycles. The van der Waals surface area contributed by atoms with Gasteiger partial charge < -0.3 is 9.47 Å². The number of carbonyl (C=O) groups excluding carboxylic acids is 2. The summed E-state index contributed by atoms with van der Waals surface area (Å²) in [6.07, 6.45) is 3.45. The first kappa shape index (κ1) is 23.2. The second kappa shape index (κ2) is 9.91. The van der Waals surface area contributed by atoms with Gasteiger partial charge in [0.1, 0.15) is 11.5 Å². The highest BCUT2D eigenvalue weighted by Crippen LogP contribution is 2.38. The largest absolute Gasteiger partial charge is 0.497 e. The van der Waals surface area contributed by atoms with Crippen molar-refractivity contribution in [2.45, 2.75) is 26.3 Å². The van der Waals surface area contributed by atoms with E-state index in [-0.39, 0.29) is 12.3 Å². The zero-order valence-electron chi connectivity index (χ0n) is 19.6. The van der Waals surface area contributed by atoms with E-state index in [2.05, 4.69) is 4.98 Å². The number of amides is 1. The molecule has 1 fully saturated rings. The molecule has 0 bridgehead atoms. The van der Waals surface area contributed by atoms with Gasteiger partial charge in [0.05, 0.1) is 25.4 Å². The molecule has 174 valence electrons. The maximum absolute atomic E-state index is 13.6. The molecule has 0 saturated carbocycles. The topological polar surface area (TPSA) is 68.7 Å². The number of aromatic nitrogens is 1. The lowest BCUT2D eigenvalue weighted by molar-refractivity contribution is -0.129. The molecule has 6 heteroatoms. The molecule has 34 heavy (non-hydrogen) atoms. The number of methoxy groups -OCH3 is 1. The number of ether oxygens (including phenoxy) is 2. The Morgan fingerprint density at radius 1 is 1.03 bits per heavy atom. The number of benzene rings is 2. The van der Waals surface area contributed by atoms with Gasteiger partial charge in [0.15, 0.2) is 5.78 Å². The molecule has 2 aromatic carbocycles. The Balaban J connectivity index is 1.69. The summed E-state index contributed by atoms with van der Waals surface area (Å²) in [5.41, 5.74) is 1.36. The zero-order chi connectivity index (χ0) is 24.1. The molecule has 1 unspecified atom stereocenters. The number of para-hydroxylation sites is 1. The van der Waals surface area contributed by atoms with E-state index in [1.165, 1.54) is 0 Å². The standard InChI is InChI=1S/C28H28N2O4/c1-28(2)25(17-20-12-14-23(33-3)15-13-20)30(27(32)34-24-10-5-4-6-11-24)19-21(26(28)31)18-22-9-7-8-16-29-22/h4-16,18,25H,17,19H2,1-3H3/b21-18+. The third-order valence-corrected chi connectivity index (χ3v) is 6.21. The summed E-state index contributed by atoms with van der Waals surface area (Å²) in [4.78, 5) is 33.0. The highest BCUT2D eigenvalue weighted by Gasteiger charge is 2.48. The minimum absolute atomic E-state index is 0.000394. The highest BCUT2D eigenvalue weighted by molar-refractivity contribution is 6.05. The highest BCUT2D eigenvalue weighted by atomic mass is 16.6. The summed E-state index contributed by atoms with van der Waals surface area (Å²) in [6.45, 7) is 3.92. The van der Waals surface area contributed by atoms with Crippen molar-refractivity contribution >= 4 is 18.0 Å². The Morgan fingerprint density at radius 2 is 1.74 bits per heavy atom. The maximum atomic E-state index is 13.6. The van der Waals surface area contributed by atoms with Crippen molar-refractivity contribution in [1.29, 1.82) is 0 Å². The van der Waals surface area contributed by atoms with Gasteiger partial charge in [0.2, 0.25) is 0 Å². The van der Waals surface area contributed by atoms with Crippen molar-refractivity contribution in [2.75, 3.05) is 13.7 Å². The van der Waals surface area contributed by atoms with Gasteiger partial charge in [-0.05, 0) is 54.5 Å². The van der Waals surface area contributed by atoms with Gasteiger partial charge in [0.25, 0.3) is 0 Å². The number of piperidine rings is 1. The molecule has 0 radical (unpaired) electrons. The third kappa shape index (κ3) is 5.01. The molecule has 1 saturated heterocycles. The molecule has 1 amide bonds. The van der Waals surface area contributed by atoms with Crippen molar-refractivity contribution < 1.29 is 19.1 Å². The molecule has 0 aliphatic carbocycles. The van der Waals surface area contributed by atoms with E-state index in [1.54, 1.807) is 36.4 Å². The number of hydrogen-bond donors (Lipinski definition) is 0. The first-order chi connectivity index (χ1) is 16.4. The van der Waals surface area contributed by atoms with Crippen LogP contribution in [0.4, 0.5) is 4.79 Å². The molecule has 1 aliphatic rings.